The first-order chi connectivity index (χ1) is 14.2. The third-order valence-corrected chi connectivity index (χ3v) is 5.03. The number of benzene rings is 1. The predicted molar refractivity (Wildman–Crippen MR) is 111 cm³/mol. The average Bonchev–Trinajstić information content (AvgIpc) is 3.24. The van der Waals surface area contributed by atoms with Gasteiger partial charge < -0.3 is 4.74 Å². The minimum absolute atomic E-state index is 0.142. The van der Waals surface area contributed by atoms with E-state index in [1.165, 1.54) is 17.5 Å². The maximum absolute atomic E-state index is 12.5. The van der Waals surface area contributed by atoms with Gasteiger partial charge in [-0.1, -0.05) is 41.7 Å². The smallest absolute Gasteiger partial charge is 0.259 e. The molecule has 144 valence electrons. The van der Waals surface area contributed by atoms with E-state index in [1.54, 1.807) is 24.5 Å². The molecule has 1 aromatic carbocycles. The van der Waals surface area contributed by atoms with Gasteiger partial charge in [-0.3, -0.25) is 15.1 Å². The highest BCUT2D eigenvalue weighted by Crippen LogP contribution is 2.26. The van der Waals surface area contributed by atoms with Crippen molar-refractivity contribution in [1.82, 2.24) is 20.2 Å². The van der Waals surface area contributed by atoms with E-state index in [0.717, 1.165) is 11.1 Å². The number of rotatable bonds is 6. The molecule has 0 saturated carbocycles. The van der Waals surface area contributed by atoms with Crippen LogP contribution in [0.5, 0.6) is 5.88 Å². The minimum Gasteiger partial charge on any atom is -0.470 e. The van der Waals surface area contributed by atoms with E-state index in [1.807, 2.05) is 49.4 Å². The molecule has 1 N–H and O–H groups in total. The van der Waals surface area contributed by atoms with Crippen molar-refractivity contribution in [3.05, 3.63) is 84.3 Å². The Labute approximate surface area is 171 Å². The highest BCUT2D eigenvalue weighted by molar-refractivity contribution is 7.18. The fourth-order valence-electron chi connectivity index (χ4n) is 2.61. The molecule has 1 amide bonds. The molecule has 7 nitrogen and oxygen atoms in total. The molecule has 4 aromatic rings. The fraction of sp³-hybridized carbons (Fsp3) is 0.0952. The molecule has 0 unspecified atom stereocenters. The molecule has 0 aliphatic heterocycles. The normalized spacial score (nSPS) is 11.6. The number of amides is 1. The van der Waals surface area contributed by atoms with Crippen molar-refractivity contribution >= 4 is 22.4 Å². The Bertz CT molecular complexity index is 1090. The maximum Gasteiger partial charge on any atom is 0.259 e. The Balaban J connectivity index is 1.39. The van der Waals surface area contributed by atoms with Crippen molar-refractivity contribution < 1.29 is 9.53 Å². The van der Waals surface area contributed by atoms with Crippen molar-refractivity contribution in [3.8, 4) is 16.5 Å². The van der Waals surface area contributed by atoms with Gasteiger partial charge in [-0.15, -0.1) is 10.2 Å². The molecule has 4 rings (SSSR count). The molecule has 0 fully saturated rings. The largest absolute Gasteiger partial charge is 0.470 e. The lowest BCUT2D eigenvalue weighted by atomic mass is 10.1. The first-order valence-electron chi connectivity index (χ1n) is 8.92. The molecular weight excluding hydrogens is 386 g/mol. The third kappa shape index (κ3) is 4.61. The van der Waals surface area contributed by atoms with E-state index in [0.29, 0.717) is 21.6 Å². The molecule has 0 aliphatic carbocycles. The summed E-state index contributed by atoms with van der Waals surface area (Å²) in [5.74, 6) is 0.145. The van der Waals surface area contributed by atoms with Gasteiger partial charge in [0.25, 0.3) is 5.91 Å². The number of carbonyl (C=O) groups excluding carboxylic acids is 1. The fourth-order valence-corrected chi connectivity index (χ4v) is 3.36. The number of nitrogens with zero attached hydrogens (tertiary/aromatic N) is 4. The summed E-state index contributed by atoms with van der Waals surface area (Å²) in [4.78, 5) is 20.7. The summed E-state index contributed by atoms with van der Waals surface area (Å²) < 4.78 is 5.84. The minimum atomic E-state index is -0.308. The molecule has 0 spiro atoms. The Hall–Kier alpha value is -3.65. The van der Waals surface area contributed by atoms with Crippen LogP contribution in [-0.2, 0) is 0 Å². The van der Waals surface area contributed by atoms with E-state index in [2.05, 4.69) is 25.5 Å². The number of anilines is 1. The second kappa shape index (κ2) is 8.57. The Morgan fingerprint density at radius 3 is 2.55 bits per heavy atom. The van der Waals surface area contributed by atoms with E-state index >= 15 is 0 Å². The molecule has 29 heavy (non-hydrogen) atoms. The lowest BCUT2D eigenvalue weighted by Gasteiger charge is -2.14. The molecule has 3 heterocycles. The summed E-state index contributed by atoms with van der Waals surface area (Å²) >= 11 is 1.29. The zero-order chi connectivity index (χ0) is 20.1. The average molecular weight is 403 g/mol. The first kappa shape index (κ1) is 18.7. The van der Waals surface area contributed by atoms with Crippen LogP contribution in [0, 0.1) is 0 Å². The quantitative estimate of drug-likeness (QED) is 0.514. The van der Waals surface area contributed by atoms with Crippen LogP contribution in [0.2, 0.25) is 0 Å². The molecule has 0 radical (unpaired) electrons. The number of hydrogen-bond acceptors (Lipinski definition) is 7. The van der Waals surface area contributed by atoms with Gasteiger partial charge >= 0.3 is 0 Å². The number of ether oxygens (including phenoxy) is 1. The van der Waals surface area contributed by atoms with Crippen molar-refractivity contribution in [1.29, 1.82) is 0 Å². The molecule has 1 atom stereocenters. The summed E-state index contributed by atoms with van der Waals surface area (Å²) in [6, 6.07) is 16.9. The lowest BCUT2D eigenvalue weighted by Crippen LogP contribution is -2.12. The van der Waals surface area contributed by atoms with Crippen molar-refractivity contribution in [2.45, 2.75) is 13.0 Å². The van der Waals surface area contributed by atoms with Crippen molar-refractivity contribution in [2.75, 3.05) is 5.32 Å². The summed E-state index contributed by atoms with van der Waals surface area (Å²) in [6.07, 6.45) is 4.70. The lowest BCUT2D eigenvalue weighted by molar-refractivity contribution is 0.102. The molecule has 8 heteroatoms. The zero-order valence-corrected chi connectivity index (χ0v) is 16.3. The van der Waals surface area contributed by atoms with E-state index in [4.69, 9.17) is 4.74 Å². The van der Waals surface area contributed by atoms with Crippen LogP contribution in [0.3, 0.4) is 0 Å². The monoisotopic (exact) mass is 403 g/mol. The van der Waals surface area contributed by atoms with E-state index < -0.39 is 0 Å². The third-order valence-electron chi connectivity index (χ3n) is 4.14. The van der Waals surface area contributed by atoms with Crippen LogP contribution in [0.15, 0.2) is 73.2 Å². The van der Waals surface area contributed by atoms with E-state index in [-0.39, 0.29) is 12.0 Å². The first-order valence-corrected chi connectivity index (χ1v) is 9.73. The number of nitrogens with one attached hydrogen (secondary N) is 1. The van der Waals surface area contributed by atoms with Crippen LogP contribution in [0.25, 0.3) is 10.6 Å². The van der Waals surface area contributed by atoms with Gasteiger partial charge in [0.1, 0.15) is 11.1 Å². The van der Waals surface area contributed by atoms with Crippen LogP contribution < -0.4 is 10.1 Å². The molecule has 0 aliphatic rings. The highest BCUT2D eigenvalue weighted by Gasteiger charge is 2.13. The number of pyridine rings is 2. The van der Waals surface area contributed by atoms with Crippen LogP contribution >= 0.6 is 11.3 Å². The predicted octanol–water partition coefficient (Wildman–Crippen LogP) is 4.39. The summed E-state index contributed by atoms with van der Waals surface area (Å²) in [7, 11) is 0. The van der Waals surface area contributed by atoms with Gasteiger partial charge in [0.2, 0.25) is 11.0 Å². The highest BCUT2D eigenvalue weighted by atomic mass is 32.1. The van der Waals surface area contributed by atoms with Crippen LogP contribution in [-0.4, -0.2) is 26.1 Å². The summed E-state index contributed by atoms with van der Waals surface area (Å²) in [6.45, 7) is 1.95. The second-order valence-corrected chi connectivity index (χ2v) is 7.14. The van der Waals surface area contributed by atoms with Gasteiger partial charge in [0.15, 0.2) is 0 Å². The molecule has 3 aromatic heterocycles. The van der Waals surface area contributed by atoms with Gasteiger partial charge in [-0.2, -0.15) is 0 Å². The van der Waals surface area contributed by atoms with E-state index in [9.17, 15) is 4.79 Å². The SMILES string of the molecule is C[C@H](Oc1ccc(C(=O)Nc2nnc(-c3ccncc3)s2)cn1)c1ccccc1. The van der Waals surface area contributed by atoms with Gasteiger partial charge in [-0.25, -0.2) is 4.98 Å². The van der Waals surface area contributed by atoms with Crippen molar-refractivity contribution in [2.24, 2.45) is 0 Å². The Kier molecular flexibility index (Phi) is 5.53. The number of carbonyl (C=O) groups is 1. The van der Waals surface area contributed by atoms with Crippen LogP contribution in [0.4, 0.5) is 5.13 Å². The maximum atomic E-state index is 12.5. The molecule has 0 saturated heterocycles. The number of hydrogen-bond donors (Lipinski definition) is 1. The van der Waals surface area contributed by atoms with Crippen molar-refractivity contribution in [3.63, 3.8) is 0 Å². The standard InChI is InChI=1S/C21H17N5O2S/c1-14(15-5-3-2-4-6-15)28-18-8-7-17(13-23-18)19(27)24-21-26-25-20(29-21)16-9-11-22-12-10-16/h2-14H,1H3,(H,24,26,27)/t14-/m0/s1. The number of aromatic nitrogens is 4. The zero-order valence-electron chi connectivity index (χ0n) is 15.5. The summed E-state index contributed by atoms with van der Waals surface area (Å²) in [5, 5.41) is 12.0. The second-order valence-electron chi connectivity index (χ2n) is 6.16. The molecular formula is C21H17N5O2S. The van der Waals surface area contributed by atoms with Gasteiger partial charge in [-0.05, 0) is 30.7 Å². The Morgan fingerprint density at radius 2 is 1.83 bits per heavy atom. The molecule has 0 bridgehead atoms. The Morgan fingerprint density at radius 1 is 1.03 bits per heavy atom. The van der Waals surface area contributed by atoms with Gasteiger partial charge in [0.05, 0.1) is 5.56 Å². The topological polar surface area (TPSA) is 89.9 Å². The summed E-state index contributed by atoms with van der Waals surface area (Å²) in [5.41, 5.74) is 2.36. The van der Waals surface area contributed by atoms with Gasteiger partial charge in [0, 0.05) is 30.2 Å². The van der Waals surface area contributed by atoms with Crippen LogP contribution in [0.1, 0.15) is 28.9 Å².